The first-order valence-electron chi connectivity index (χ1n) is 7.38. The highest BCUT2D eigenvalue weighted by Crippen LogP contribution is 2.31. The maximum Gasteiger partial charge on any atom is 0.259 e. The van der Waals surface area contributed by atoms with Crippen LogP contribution in [-0.4, -0.2) is 23.9 Å². The van der Waals surface area contributed by atoms with E-state index in [1.54, 1.807) is 48.7 Å². The predicted octanol–water partition coefficient (Wildman–Crippen LogP) is 3.17. The topological polar surface area (TPSA) is 94.3 Å². The molecule has 0 fully saturated rings. The van der Waals surface area contributed by atoms with Gasteiger partial charge in [0.05, 0.1) is 18.4 Å². The maximum atomic E-state index is 12.6. The van der Waals surface area contributed by atoms with Crippen molar-refractivity contribution in [3.05, 3.63) is 65.2 Å². The summed E-state index contributed by atoms with van der Waals surface area (Å²) in [4.78, 5) is 28.3. The standard InChI is InChI=1S/C18H15N3O3S/c1-24-15-5-3-2-4-12(15)17(23)21-14-7-6-11(16(19)22)10-13(14)18-20-8-9-25-18/h2-10H,1H3,(H2,19,22)(H,21,23). The number of primary amides is 1. The van der Waals surface area contributed by atoms with Gasteiger partial charge in [-0.3, -0.25) is 9.59 Å². The largest absolute Gasteiger partial charge is 0.496 e. The number of hydrogen-bond donors (Lipinski definition) is 2. The molecule has 0 aliphatic heterocycles. The van der Waals surface area contributed by atoms with E-state index in [9.17, 15) is 9.59 Å². The van der Waals surface area contributed by atoms with Crippen LogP contribution in [0.1, 0.15) is 20.7 Å². The molecule has 126 valence electrons. The molecule has 2 aromatic carbocycles. The van der Waals surface area contributed by atoms with E-state index in [1.807, 2.05) is 5.38 Å². The number of hydrogen-bond acceptors (Lipinski definition) is 5. The van der Waals surface area contributed by atoms with Gasteiger partial charge in [0.25, 0.3) is 5.91 Å². The van der Waals surface area contributed by atoms with Crippen LogP contribution in [0.15, 0.2) is 54.0 Å². The third-order valence-electron chi connectivity index (χ3n) is 3.57. The number of nitrogens with zero attached hydrogens (tertiary/aromatic N) is 1. The van der Waals surface area contributed by atoms with Crippen LogP contribution < -0.4 is 15.8 Å². The SMILES string of the molecule is COc1ccccc1C(=O)Nc1ccc(C(N)=O)cc1-c1nccs1. The van der Waals surface area contributed by atoms with Gasteiger partial charge in [0.15, 0.2) is 0 Å². The quantitative estimate of drug-likeness (QED) is 0.736. The average molecular weight is 353 g/mol. The number of para-hydroxylation sites is 1. The zero-order valence-electron chi connectivity index (χ0n) is 13.4. The number of ether oxygens (including phenoxy) is 1. The van der Waals surface area contributed by atoms with Crippen LogP contribution in [0.3, 0.4) is 0 Å². The minimum atomic E-state index is -0.541. The lowest BCUT2D eigenvalue weighted by molar-refractivity contribution is 0.0998. The molecule has 1 aromatic heterocycles. The Morgan fingerprint density at radius 3 is 2.68 bits per heavy atom. The van der Waals surface area contributed by atoms with E-state index in [-0.39, 0.29) is 5.91 Å². The van der Waals surface area contributed by atoms with Gasteiger partial charge in [-0.2, -0.15) is 0 Å². The molecule has 0 radical (unpaired) electrons. The van der Waals surface area contributed by atoms with Crippen LogP contribution in [0.2, 0.25) is 0 Å². The fourth-order valence-electron chi connectivity index (χ4n) is 2.36. The molecular weight excluding hydrogens is 338 g/mol. The normalized spacial score (nSPS) is 10.3. The van der Waals surface area contributed by atoms with Gasteiger partial charge in [-0.15, -0.1) is 11.3 Å². The Labute approximate surface area is 148 Å². The van der Waals surface area contributed by atoms with E-state index in [1.165, 1.54) is 18.4 Å². The second-order valence-corrected chi connectivity index (χ2v) is 6.01. The van der Waals surface area contributed by atoms with Crippen LogP contribution >= 0.6 is 11.3 Å². The molecule has 0 atom stereocenters. The maximum absolute atomic E-state index is 12.6. The molecular formula is C18H15N3O3S. The van der Waals surface area contributed by atoms with Crippen LogP contribution in [0.25, 0.3) is 10.6 Å². The van der Waals surface area contributed by atoms with E-state index < -0.39 is 5.91 Å². The second-order valence-electron chi connectivity index (χ2n) is 5.12. The van der Waals surface area contributed by atoms with Gasteiger partial charge in [0.1, 0.15) is 10.8 Å². The second kappa shape index (κ2) is 7.14. The Morgan fingerprint density at radius 2 is 2.00 bits per heavy atom. The van der Waals surface area contributed by atoms with Crippen LogP contribution in [0.4, 0.5) is 5.69 Å². The number of amides is 2. The number of nitrogens with two attached hydrogens (primary N) is 1. The first-order valence-corrected chi connectivity index (χ1v) is 8.26. The van der Waals surface area contributed by atoms with Crippen LogP contribution in [0.5, 0.6) is 5.75 Å². The Kier molecular flexibility index (Phi) is 4.76. The number of aromatic nitrogens is 1. The lowest BCUT2D eigenvalue weighted by Crippen LogP contribution is -2.15. The Morgan fingerprint density at radius 1 is 1.20 bits per heavy atom. The van der Waals surface area contributed by atoms with E-state index in [2.05, 4.69) is 10.3 Å². The van der Waals surface area contributed by atoms with Crippen molar-refractivity contribution in [2.75, 3.05) is 12.4 Å². The highest BCUT2D eigenvalue weighted by Gasteiger charge is 2.16. The van der Waals surface area contributed by atoms with Crippen molar-refractivity contribution in [1.82, 2.24) is 4.98 Å². The summed E-state index contributed by atoms with van der Waals surface area (Å²) in [5.41, 5.74) is 7.29. The van der Waals surface area contributed by atoms with E-state index in [4.69, 9.17) is 10.5 Å². The van der Waals surface area contributed by atoms with Crippen LogP contribution in [-0.2, 0) is 0 Å². The van der Waals surface area contributed by atoms with Gasteiger partial charge in [-0.05, 0) is 30.3 Å². The average Bonchev–Trinajstić information content (AvgIpc) is 3.16. The molecule has 3 rings (SSSR count). The van der Waals surface area contributed by atoms with Crippen molar-refractivity contribution in [2.24, 2.45) is 5.73 Å². The molecule has 0 spiro atoms. The van der Waals surface area contributed by atoms with Gasteiger partial charge in [0, 0.05) is 22.7 Å². The fraction of sp³-hybridized carbons (Fsp3) is 0.0556. The minimum Gasteiger partial charge on any atom is -0.496 e. The van der Waals surface area contributed by atoms with Crippen molar-refractivity contribution in [3.63, 3.8) is 0 Å². The zero-order valence-corrected chi connectivity index (χ0v) is 14.2. The van der Waals surface area contributed by atoms with Crippen molar-refractivity contribution in [1.29, 1.82) is 0 Å². The van der Waals surface area contributed by atoms with Crippen molar-refractivity contribution < 1.29 is 14.3 Å². The van der Waals surface area contributed by atoms with E-state index in [0.29, 0.717) is 33.1 Å². The predicted molar refractivity (Wildman–Crippen MR) is 97.0 cm³/mol. The minimum absolute atomic E-state index is 0.318. The molecule has 0 bridgehead atoms. The molecule has 25 heavy (non-hydrogen) atoms. The Hall–Kier alpha value is -3.19. The summed E-state index contributed by atoms with van der Waals surface area (Å²) in [6.45, 7) is 0. The summed E-state index contributed by atoms with van der Waals surface area (Å²) in [6.07, 6.45) is 1.66. The Balaban J connectivity index is 1.99. The summed E-state index contributed by atoms with van der Waals surface area (Å²) in [5, 5.41) is 5.35. The fourth-order valence-corrected chi connectivity index (χ4v) is 3.03. The smallest absolute Gasteiger partial charge is 0.259 e. The molecule has 3 aromatic rings. The van der Waals surface area contributed by atoms with Crippen molar-refractivity contribution in [3.8, 4) is 16.3 Å². The number of carbonyl (C=O) groups is 2. The Bertz CT molecular complexity index is 923. The summed E-state index contributed by atoms with van der Waals surface area (Å²) >= 11 is 1.40. The number of anilines is 1. The summed E-state index contributed by atoms with van der Waals surface area (Å²) in [6, 6.07) is 11.8. The van der Waals surface area contributed by atoms with Gasteiger partial charge < -0.3 is 15.8 Å². The van der Waals surface area contributed by atoms with Gasteiger partial charge in [-0.25, -0.2) is 4.98 Å². The lowest BCUT2D eigenvalue weighted by atomic mass is 10.1. The zero-order chi connectivity index (χ0) is 17.8. The third-order valence-corrected chi connectivity index (χ3v) is 4.37. The molecule has 2 amide bonds. The number of methoxy groups -OCH3 is 1. The first kappa shape index (κ1) is 16.7. The molecule has 0 saturated carbocycles. The summed E-state index contributed by atoms with van der Waals surface area (Å²) in [5.74, 6) is -0.382. The molecule has 0 aliphatic carbocycles. The van der Waals surface area contributed by atoms with E-state index >= 15 is 0 Å². The molecule has 0 unspecified atom stereocenters. The van der Waals surface area contributed by atoms with Gasteiger partial charge >= 0.3 is 0 Å². The summed E-state index contributed by atoms with van der Waals surface area (Å²) in [7, 11) is 1.51. The molecule has 1 heterocycles. The number of carbonyl (C=O) groups excluding carboxylic acids is 2. The van der Waals surface area contributed by atoms with Crippen molar-refractivity contribution >= 4 is 28.8 Å². The third kappa shape index (κ3) is 3.51. The summed E-state index contributed by atoms with van der Waals surface area (Å²) < 4.78 is 5.22. The highest BCUT2D eigenvalue weighted by molar-refractivity contribution is 7.13. The first-order chi connectivity index (χ1) is 12.1. The molecule has 0 saturated heterocycles. The number of nitrogens with one attached hydrogen (secondary N) is 1. The van der Waals surface area contributed by atoms with Crippen molar-refractivity contribution in [2.45, 2.75) is 0 Å². The molecule has 6 nitrogen and oxygen atoms in total. The van der Waals surface area contributed by atoms with Gasteiger partial charge in [0.2, 0.25) is 5.91 Å². The molecule has 0 aliphatic rings. The number of thiazole rings is 1. The monoisotopic (exact) mass is 353 g/mol. The van der Waals surface area contributed by atoms with Gasteiger partial charge in [-0.1, -0.05) is 12.1 Å². The lowest BCUT2D eigenvalue weighted by Gasteiger charge is -2.12. The highest BCUT2D eigenvalue weighted by atomic mass is 32.1. The molecule has 3 N–H and O–H groups in total. The van der Waals surface area contributed by atoms with E-state index in [0.717, 1.165) is 0 Å². The van der Waals surface area contributed by atoms with Crippen LogP contribution in [0, 0.1) is 0 Å². The number of rotatable bonds is 5. The molecule has 7 heteroatoms. The number of benzene rings is 2.